The van der Waals surface area contributed by atoms with Crippen molar-refractivity contribution in [1.29, 1.82) is 0 Å². The van der Waals surface area contributed by atoms with Crippen molar-refractivity contribution < 1.29 is 18.3 Å². The summed E-state index contributed by atoms with van der Waals surface area (Å²) in [4.78, 5) is 15.2. The summed E-state index contributed by atoms with van der Waals surface area (Å²) in [5.41, 5.74) is 5.99. The average Bonchev–Trinajstić information content (AvgIpc) is 2.69. The second-order valence-electron chi connectivity index (χ2n) is 5.93. The van der Waals surface area contributed by atoms with Crippen molar-refractivity contribution in [3.63, 3.8) is 0 Å². The van der Waals surface area contributed by atoms with Crippen LogP contribution in [0.5, 0.6) is 0 Å². The van der Waals surface area contributed by atoms with E-state index < -0.39 is 21.8 Å². The molecule has 0 atom stereocenters. The summed E-state index contributed by atoms with van der Waals surface area (Å²) < 4.78 is 28.4. The molecule has 3 N–H and O–H groups in total. The summed E-state index contributed by atoms with van der Waals surface area (Å²) in [6.07, 6.45) is 0. The van der Waals surface area contributed by atoms with E-state index in [0.717, 1.165) is 4.47 Å². The molecule has 0 saturated carbocycles. The molecule has 0 bridgehead atoms. The third kappa shape index (κ3) is 5.01. The Balaban J connectivity index is 1.92. The molecule has 3 rings (SSSR count). The molecule has 3 aromatic rings. The molecule has 1 amide bonds. The van der Waals surface area contributed by atoms with Gasteiger partial charge in [0.25, 0.3) is 10.0 Å². The predicted octanol–water partition coefficient (Wildman–Crippen LogP) is 2.79. The Kier molecular flexibility index (Phi) is 6.00. The summed E-state index contributed by atoms with van der Waals surface area (Å²) in [5, 5.41) is 12.6. The van der Waals surface area contributed by atoms with E-state index in [0.29, 0.717) is 11.3 Å². The molecule has 0 aliphatic rings. The summed E-state index contributed by atoms with van der Waals surface area (Å²) in [5.74, 6) is -1.22. The number of carbonyl (C=O) groups excluding carboxylic acids is 1. The van der Waals surface area contributed by atoms with Gasteiger partial charge in [-0.2, -0.15) is 0 Å². The zero-order valence-corrected chi connectivity index (χ0v) is 17.3. The van der Waals surface area contributed by atoms with E-state index in [4.69, 9.17) is 5.73 Å². The van der Waals surface area contributed by atoms with Crippen LogP contribution in [-0.4, -0.2) is 20.2 Å². The molecule has 148 valence electrons. The molecule has 0 heterocycles. The second kappa shape index (κ2) is 8.46. The van der Waals surface area contributed by atoms with E-state index in [-0.39, 0.29) is 16.1 Å². The monoisotopic (exact) mass is 472 g/mol. The molecule has 0 aliphatic carbocycles. The molecule has 0 spiro atoms. The number of benzene rings is 3. The first-order valence-electron chi connectivity index (χ1n) is 8.29. The zero-order chi connectivity index (χ0) is 21.0. The normalized spacial score (nSPS) is 11.8. The predicted molar refractivity (Wildman–Crippen MR) is 113 cm³/mol. The number of aliphatic imine (C=N–C) groups is 1. The third-order valence-electron chi connectivity index (χ3n) is 3.91. The number of sulfonamides is 1. The Morgan fingerprint density at radius 1 is 0.966 bits per heavy atom. The number of hydrogen-bond acceptors (Lipinski definition) is 5. The molecule has 29 heavy (non-hydrogen) atoms. The Labute approximate surface area is 176 Å². The standard InChI is InChI=1S/C20H16BrN3O4S/c21-14-7-11-16(12-8-14)29(27,28)24-18-4-2-1-3-17(18)20(26)23-15-9-5-13(6-10-15)19(22)25/h1-12,24H,(H2,22,25)(H,23,26)/p-1. The van der Waals surface area contributed by atoms with Crippen molar-refractivity contribution in [3.05, 3.63) is 88.4 Å². The van der Waals surface area contributed by atoms with Crippen LogP contribution in [0, 0.1) is 0 Å². The number of nitrogens with one attached hydrogen (secondary N) is 1. The fraction of sp³-hybridized carbons (Fsp3) is 0. The molecule has 0 unspecified atom stereocenters. The lowest BCUT2D eigenvalue weighted by molar-refractivity contribution is -0.212. The highest BCUT2D eigenvalue weighted by molar-refractivity contribution is 9.10. The van der Waals surface area contributed by atoms with Crippen molar-refractivity contribution in [3.8, 4) is 0 Å². The maximum atomic E-state index is 12.6. The minimum Gasteiger partial charge on any atom is -0.858 e. The fourth-order valence-electron chi connectivity index (χ4n) is 2.45. The van der Waals surface area contributed by atoms with Gasteiger partial charge in [-0.05, 0) is 60.5 Å². The van der Waals surface area contributed by atoms with Crippen molar-refractivity contribution in [2.75, 3.05) is 4.72 Å². The number of amides is 1. The second-order valence-corrected chi connectivity index (χ2v) is 8.53. The molecule has 3 aromatic carbocycles. The maximum absolute atomic E-state index is 12.6. The number of nitrogens with zero attached hydrogens (tertiary/aromatic N) is 1. The number of nitrogens with two attached hydrogens (primary N) is 1. The van der Waals surface area contributed by atoms with Gasteiger partial charge in [-0.3, -0.25) is 14.5 Å². The summed E-state index contributed by atoms with van der Waals surface area (Å²) >= 11 is 3.26. The van der Waals surface area contributed by atoms with Crippen LogP contribution in [0.3, 0.4) is 0 Å². The van der Waals surface area contributed by atoms with E-state index in [1.807, 2.05) is 0 Å². The number of anilines is 1. The van der Waals surface area contributed by atoms with Gasteiger partial charge in [0.05, 0.1) is 16.3 Å². The van der Waals surface area contributed by atoms with E-state index in [1.54, 1.807) is 24.3 Å². The minimum atomic E-state index is -3.89. The highest BCUT2D eigenvalue weighted by atomic mass is 79.9. The Morgan fingerprint density at radius 2 is 1.59 bits per heavy atom. The van der Waals surface area contributed by atoms with E-state index in [9.17, 15) is 18.3 Å². The molecular weight excluding hydrogens is 458 g/mol. The lowest BCUT2D eigenvalue weighted by Crippen LogP contribution is -2.22. The number of primary amides is 1. The van der Waals surface area contributed by atoms with E-state index in [1.165, 1.54) is 48.5 Å². The van der Waals surface area contributed by atoms with Gasteiger partial charge >= 0.3 is 0 Å². The van der Waals surface area contributed by atoms with E-state index >= 15 is 0 Å². The Hall–Kier alpha value is -3.17. The van der Waals surface area contributed by atoms with Gasteiger partial charge in [0.2, 0.25) is 5.91 Å². The van der Waals surface area contributed by atoms with Gasteiger partial charge in [0, 0.05) is 15.6 Å². The molecule has 0 saturated heterocycles. The molecule has 0 aromatic heterocycles. The minimum absolute atomic E-state index is 0.0573. The quantitative estimate of drug-likeness (QED) is 0.422. The number of carbonyl (C=O) groups is 1. The first-order chi connectivity index (χ1) is 13.8. The summed E-state index contributed by atoms with van der Waals surface area (Å²) in [6, 6.07) is 18.1. The molecular formula is C20H15BrN3O4S-. The van der Waals surface area contributed by atoms with Crippen LogP contribution >= 0.6 is 15.9 Å². The van der Waals surface area contributed by atoms with Crippen LogP contribution in [0.1, 0.15) is 15.9 Å². The molecule has 0 fully saturated rings. The van der Waals surface area contributed by atoms with Crippen molar-refractivity contribution >= 4 is 49.1 Å². The highest BCUT2D eigenvalue weighted by Crippen LogP contribution is 2.22. The topological polar surface area (TPSA) is 125 Å². The Morgan fingerprint density at radius 3 is 2.21 bits per heavy atom. The fourth-order valence-corrected chi connectivity index (χ4v) is 3.80. The van der Waals surface area contributed by atoms with Gasteiger partial charge < -0.3 is 10.8 Å². The lowest BCUT2D eigenvalue weighted by Gasteiger charge is -2.17. The van der Waals surface area contributed by atoms with Crippen molar-refractivity contribution in [2.24, 2.45) is 10.7 Å². The zero-order valence-electron chi connectivity index (χ0n) is 14.9. The summed E-state index contributed by atoms with van der Waals surface area (Å²) in [6.45, 7) is 0. The number of para-hydroxylation sites is 1. The van der Waals surface area contributed by atoms with Gasteiger partial charge in [-0.1, -0.05) is 34.1 Å². The largest absolute Gasteiger partial charge is 0.858 e. The van der Waals surface area contributed by atoms with Gasteiger partial charge in [-0.25, -0.2) is 8.42 Å². The van der Waals surface area contributed by atoms with Gasteiger partial charge in [0.1, 0.15) is 0 Å². The number of rotatable bonds is 6. The SMILES string of the molecule is NC(=O)c1ccc(N=C([O-])c2ccccc2NS(=O)(=O)c2ccc(Br)cc2)cc1. The summed E-state index contributed by atoms with van der Waals surface area (Å²) in [7, 11) is -3.89. The van der Waals surface area contributed by atoms with Crippen LogP contribution in [0.15, 0.2) is 87.2 Å². The van der Waals surface area contributed by atoms with Crippen molar-refractivity contribution in [1.82, 2.24) is 0 Å². The van der Waals surface area contributed by atoms with Crippen molar-refractivity contribution in [2.45, 2.75) is 4.90 Å². The molecule has 0 radical (unpaired) electrons. The molecule has 7 nitrogen and oxygen atoms in total. The third-order valence-corrected chi connectivity index (χ3v) is 5.82. The lowest BCUT2D eigenvalue weighted by atomic mass is 10.1. The molecule has 0 aliphatic heterocycles. The highest BCUT2D eigenvalue weighted by Gasteiger charge is 2.16. The van der Waals surface area contributed by atoms with Crippen LogP contribution in [0.25, 0.3) is 0 Å². The van der Waals surface area contributed by atoms with Gasteiger partial charge in [0.15, 0.2) is 0 Å². The number of hydrogen-bond donors (Lipinski definition) is 2. The first kappa shape index (κ1) is 20.6. The van der Waals surface area contributed by atoms with Crippen LogP contribution in [0.2, 0.25) is 0 Å². The Bertz CT molecular complexity index is 1180. The number of halogens is 1. The van der Waals surface area contributed by atoms with E-state index in [2.05, 4.69) is 25.6 Å². The first-order valence-corrected chi connectivity index (χ1v) is 10.6. The van der Waals surface area contributed by atoms with Crippen LogP contribution in [0.4, 0.5) is 11.4 Å². The maximum Gasteiger partial charge on any atom is 0.261 e. The average molecular weight is 473 g/mol. The molecule has 9 heteroatoms. The smallest absolute Gasteiger partial charge is 0.261 e. The van der Waals surface area contributed by atoms with Gasteiger partial charge in [-0.15, -0.1) is 0 Å². The van der Waals surface area contributed by atoms with Crippen LogP contribution in [-0.2, 0) is 10.0 Å². The van der Waals surface area contributed by atoms with Crippen LogP contribution < -0.4 is 15.6 Å².